The molecule has 0 aliphatic carbocycles. The van der Waals surface area contributed by atoms with Crippen LogP contribution in [0.25, 0.3) is 0 Å². The second kappa shape index (κ2) is 6.65. The third-order valence-corrected chi connectivity index (χ3v) is 3.38. The molecule has 0 rings (SSSR count). The van der Waals surface area contributed by atoms with E-state index < -0.39 is 10.0 Å². The van der Waals surface area contributed by atoms with Crippen LogP contribution >= 0.6 is 12.4 Å². The minimum Gasteiger partial charge on any atom is -0.330 e. The first-order chi connectivity index (χ1) is 5.04. The van der Waals surface area contributed by atoms with E-state index in [9.17, 15) is 8.42 Å². The fraction of sp³-hybridized carbons (Fsp3) is 1.00. The third-order valence-electron chi connectivity index (χ3n) is 1.52. The van der Waals surface area contributed by atoms with Crippen LogP contribution in [-0.4, -0.2) is 38.6 Å². The fourth-order valence-corrected chi connectivity index (χ4v) is 1.52. The summed E-state index contributed by atoms with van der Waals surface area (Å²) in [5.41, 5.74) is 5.24. The summed E-state index contributed by atoms with van der Waals surface area (Å²) in [6, 6.07) is 0. The molecule has 0 heterocycles. The maximum atomic E-state index is 11.1. The fourth-order valence-electron chi connectivity index (χ4n) is 0.673. The van der Waals surface area contributed by atoms with Crippen molar-refractivity contribution >= 4 is 22.4 Å². The number of nitrogens with two attached hydrogens (primary N) is 1. The molecule has 0 aromatic rings. The molecule has 0 amide bonds. The summed E-state index contributed by atoms with van der Waals surface area (Å²) in [7, 11) is -1.41. The lowest BCUT2D eigenvalue weighted by atomic mass is 10.4. The van der Waals surface area contributed by atoms with E-state index in [1.54, 1.807) is 14.0 Å². The van der Waals surface area contributed by atoms with Crippen molar-refractivity contribution in [3.8, 4) is 0 Å². The van der Waals surface area contributed by atoms with Gasteiger partial charge in [-0.25, -0.2) is 12.7 Å². The zero-order valence-electron chi connectivity index (χ0n) is 7.49. The first-order valence-corrected chi connectivity index (χ1v) is 5.29. The molecule has 0 saturated heterocycles. The molecule has 0 fully saturated rings. The predicted octanol–water partition coefficient (Wildman–Crippen LogP) is 0.0385. The normalized spacial score (nSPS) is 11.3. The van der Waals surface area contributed by atoms with Crippen molar-refractivity contribution in [2.75, 3.05) is 25.9 Å². The van der Waals surface area contributed by atoms with Gasteiger partial charge in [0.2, 0.25) is 10.0 Å². The topological polar surface area (TPSA) is 63.4 Å². The zero-order chi connectivity index (χ0) is 8.91. The van der Waals surface area contributed by atoms with Crippen molar-refractivity contribution in [1.82, 2.24) is 4.31 Å². The number of nitrogens with zero attached hydrogens (tertiary/aromatic N) is 1. The van der Waals surface area contributed by atoms with Gasteiger partial charge < -0.3 is 5.73 Å². The van der Waals surface area contributed by atoms with E-state index >= 15 is 0 Å². The Kier molecular flexibility index (Phi) is 8.13. The van der Waals surface area contributed by atoms with Gasteiger partial charge in [-0.2, -0.15) is 0 Å². The Morgan fingerprint density at radius 1 is 1.42 bits per heavy atom. The molecule has 76 valence electrons. The second-order valence-corrected chi connectivity index (χ2v) is 4.73. The van der Waals surface area contributed by atoms with Crippen LogP contribution < -0.4 is 5.73 Å². The summed E-state index contributed by atoms with van der Waals surface area (Å²) >= 11 is 0. The average molecular weight is 217 g/mol. The first-order valence-electron chi connectivity index (χ1n) is 3.68. The van der Waals surface area contributed by atoms with E-state index in [1.165, 1.54) is 4.31 Å². The number of sulfonamides is 1. The van der Waals surface area contributed by atoms with E-state index in [0.717, 1.165) is 6.42 Å². The standard InChI is InChI=1S/C6H16N2O2S.ClH/c1-3-11(9,10)8(2)6-4-5-7;/h3-7H2,1-2H3;1H. The Labute approximate surface area is 80.6 Å². The maximum absolute atomic E-state index is 11.1. The lowest BCUT2D eigenvalue weighted by molar-refractivity contribution is 0.465. The van der Waals surface area contributed by atoms with Crippen LogP contribution in [0.15, 0.2) is 0 Å². The predicted molar refractivity (Wildman–Crippen MR) is 53.0 cm³/mol. The number of hydrogen-bond donors (Lipinski definition) is 1. The SMILES string of the molecule is CCS(=O)(=O)N(C)CCCN.Cl. The van der Waals surface area contributed by atoms with Gasteiger partial charge in [-0.15, -0.1) is 12.4 Å². The average Bonchev–Trinajstić information content (AvgIpc) is 2.00. The molecule has 0 aromatic carbocycles. The lowest BCUT2D eigenvalue weighted by Gasteiger charge is -2.14. The number of hydrogen-bond acceptors (Lipinski definition) is 3. The van der Waals surface area contributed by atoms with Gasteiger partial charge in [0.15, 0.2) is 0 Å². The Bertz CT molecular complexity index is 194. The largest absolute Gasteiger partial charge is 0.330 e. The molecule has 0 atom stereocenters. The molecule has 0 aliphatic rings. The van der Waals surface area contributed by atoms with Gasteiger partial charge >= 0.3 is 0 Å². The minimum atomic E-state index is -2.99. The molecule has 0 radical (unpaired) electrons. The van der Waals surface area contributed by atoms with Crippen molar-refractivity contribution < 1.29 is 8.42 Å². The van der Waals surface area contributed by atoms with Crippen LogP contribution in [0, 0.1) is 0 Å². The van der Waals surface area contributed by atoms with E-state index in [2.05, 4.69) is 0 Å². The van der Waals surface area contributed by atoms with Gasteiger partial charge in [0.05, 0.1) is 5.75 Å². The highest BCUT2D eigenvalue weighted by atomic mass is 35.5. The van der Waals surface area contributed by atoms with Crippen molar-refractivity contribution in [3.05, 3.63) is 0 Å². The molecule has 0 bridgehead atoms. The summed E-state index contributed by atoms with van der Waals surface area (Å²) in [6.07, 6.45) is 0.718. The molecule has 0 aliphatic heterocycles. The first kappa shape index (κ1) is 14.7. The van der Waals surface area contributed by atoms with E-state index in [1.807, 2.05) is 0 Å². The highest BCUT2D eigenvalue weighted by Crippen LogP contribution is 1.97. The Hall–Kier alpha value is 0.160. The van der Waals surface area contributed by atoms with E-state index in [0.29, 0.717) is 13.1 Å². The smallest absolute Gasteiger partial charge is 0.213 e. The van der Waals surface area contributed by atoms with Crippen LogP contribution in [0.4, 0.5) is 0 Å². The van der Waals surface area contributed by atoms with Crippen LogP contribution in [-0.2, 0) is 10.0 Å². The van der Waals surface area contributed by atoms with Crippen molar-refractivity contribution in [2.45, 2.75) is 13.3 Å². The Morgan fingerprint density at radius 2 is 1.92 bits per heavy atom. The maximum Gasteiger partial charge on any atom is 0.213 e. The zero-order valence-corrected chi connectivity index (χ0v) is 9.12. The van der Waals surface area contributed by atoms with Crippen LogP contribution in [0.1, 0.15) is 13.3 Å². The van der Waals surface area contributed by atoms with Crippen LogP contribution in [0.5, 0.6) is 0 Å². The van der Waals surface area contributed by atoms with Crippen molar-refractivity contribution in [3.63, 3.8) is 0 Å². The summed E-state index contributed by atoms with van der Waals surface area (Å²) in [5.74, 6) is 0.161. The summed E-state index contributed by atoms with van der Waals surface area (Å²) in [6.45, 7) is 2.69. The Balaban J connectivity index is 0. The Morgan fingerprint density at radius 3 is 2.25 bits per heavy atom. The third kappa shape index (κ3) is 4.92. The van der Waals surface area contributed by atoms with Crippen LogP contribution in [0.2, 0.25) is 0 Å². The highest BCUT2D eigenvalue weighted by molar-refractivity contribution is 7.89. The molecule has 0 saturated carbocycles. The molecule has 4 nitrogen and oxygen atoms in total. The van der Waals surface area contributed by atoms with Crippen LogP contribution in [0.3, 0.4) is 0 Å². The van der Waals surface area contributed by atoms with Crippen molar-refractivity contribution in [2.24, 2.45) is 5.73 Å². The van der Waals surface area contributed by atoms with Crippen molar-refractivity contribution in [1.29, 1.82) is 0 Å². The molecule has 2 N–H and O–H groups in total. The molecular weight excluding hydrogens is 200 g/mol. The monoisotopic (exact) mass is 216 g/mol. The molecule has 0 aromatic heterocycles. The van der Waals surface area contributed by atoms with E-state index in [4.69, 9.17) is 5.73 Å². The lowest BCUT2D eigenvalue weighted by Crippen LogP contribution is -2.30. The molecule has 12 heavy (non-hydrogen) atoms. The van der Waals surface area contributed by atoms with Gasteiger partial charge in [-0.1, -0.05) is 0 Å². The van der Waals surface area contributed by atoms with Gasteiger partial charge in [0.25, 0.3) is 0 Å². The van der Waals surface area contributed by atoms with Gasteiger partial charge in [-0.05, 0) is 19.9 Å². The molecule has 0 unspecified atom stereocenters. The summed E-state index contributed by atoms with van der Waals surface area (Å²) in [4.78, 5) is 0. The van der Waals surface area contributed by atoms with Gasteiger partial charge in [0, 0.05) is 13.6 Å². The number of rotatable bonds is 5. The molecular formula is C6H17ClN2O2S. The van der Waals surface area contributed by atoms with Gasteiger partial charge in [0.1, 0.15) is 0 Å². The highest BCUT2D eigenvalue weighted by Gasteiger charge is 2.13. The molecule has 0 spiro atoms. The van der Waals surface area contributed by atoms with E-state index in [-0.39, 0.29) is 18.2 Å². The second-order valence-electron chi connectivity index (χ2n) is 2.36. The summed E-state index contributed by atoms with van der Waals surface area (Å²) in [5, 5.41) is 0. The number of halogens is 1. The summed E-state index contributed by atoms with van der Waals surface area (Å²) < 4.78 is 23.5. The van der Waals surface area contributed by atoms with Gasteiger partial charge in [-0.3, -0.25) is 0 Å². The quantitative estimate of drug-likeness (QED) is 0.706. The minimum absolute atomic E-state index is 0. The molecule has 6 heteroatoms.